The normalized spacial score (nSPS) is 20.3. The third-order valence-electron chi connectivity index (χ3n) is 7.49. The minimum atomic E-state index is -0.0386. The predicted molar refractivity (Wildman–Crippen MR) is 136 cm³/mol. The lowest BCUT2D eigenvalue weighted by atomic mass is 9.88. The van der Waals surface area contributed by atoms with Gasteiger partial charge >= 0.3 is 0 Å². The molecule has 0 spiro atoms. The molecule has 6 heteroatoms. The number of aliphatic hydroxyl groups excluding tert-OH is 1. The number of ether oxygens (including phenoxy) is 1. The number of hydrogen-bond donors (Lipinski definition) is 2. The second-order valence-electron chi connectivity index (χ2n) is 10.0. The van der Waals surface area contributed by atoms with Gasteiger partial charge in [0.15, 0.2) is 5.75 Å². The first-order valence-corrected chi connectivity index (χ1v) is 12.7. The maximum Gasteiger partial charge on any atom is 0.227 e. The van der Waals surface area contributed by atoms with Gasteiger partial charge in [0.1, 0.15) is 5.75 Å². The van der Waals surface area contributed by atoms with Crippen molar-refractivity contribution in [2.24, 2.45) is 5.92 Å². The first-order valence-electron chi connectivity index (χ1n) is 12.7. The summed E-state index contributed by atoms with van der Waals surface area (Å²) in [7, 11) is 2.18. The molecule has 1 saturated heterocycles. The number of likely N-dealkylation sites (N-methyl/N-ethyl adjacent to an activating group) is 1. The van der Waals surface area contributed by atoms with Crippen molar-refractivity contribution in [1.82, 2.24) is 9.80 Å². The number of nitrogens with zero attached hydrogens (tertiary/aromatic N) is 2. The molecule has 2 aromatic rings. The Kier molecular flexibility index (Phi) is 8.24. The number of aliphatic hydroxyl groups is 1. The fourth-order valence-electron chi connectivity index (χ4n) is 5.07. The van der Waals surface area contributed by atoms with Gasteiger partial charge < -0.3 is 20.1 Å². The van der Waals surface area contributed by atoms with Crippen LogP contribution < -0.4 is 10.1 Å². The van der Waals surface area contributed by atoms with Crippen molar-refractivity contribution in [1.29, 1.82) is 0 Å². The molecule has 0 aromatic heterocycles. The zero-order valence-electron chi connectivity index (χ0n) is 20.8. The molecule has 0 radical (unpaired) electrons. The van der Waals surface area contributed by atoms with Crippen molar-refractivity contribution in [2.45, 2.75) is 65.1 Å². The van der Waals surface area contributed by atoms with Gasteiger partial charge in [0.2, 0.25) is 5.91 Å². The number of piperazine rings is 1. The zero-order valence-corrected chi connectivity index (χ0v) is 20.8. The molecule has 0 bridgehead atoms. The number of carbonyl (C=O) groups excluding carboxylic acids is 1. The molecule has 34 heavy (non-hydrogen) atoms. The summed E-state index contributed by atoms with van der Waals surface area (Å²) < 4.78 is 6.39. The van der Waals surface area contributed by atoms with Gasteiger partial charge in [-0.15, -0.1) is 0 Å². The minimum Gasteiger partial charge on any atom is -0.455 e. The van der Waals surface area contributed by atoms with Crippen LogP contribution in [0.5, 0.6) is 11.5 Å². The highest BCUT2D eigenvalue weighted by atomic mass is 16.5. The van der Waals surface area contributed by atoms with Crippen LogP contribution in [0.25, 0.3) is 0 Å². The average Bonchev–Trinajstić information content (AvgIpc) is 2.86. The van der Waals surface area contributed by atoms with E-state index < -0.39 is 0 Å². The number of carbonyl (C=O) groups is 1. The minimum absolute atomic E-state index is 0.0386. The summed E-state index contributed by atoms with van der Waals surface area (Å²) in [5.41, 5.74) is 3.77. The Morgan fingerprint density at radius 2 is 1.94 bits per heavy atom. The molecule has 1 aliphatic heterocycles. The third-order valence-corrected chi connectivity index (χ3v) is 7.49. The van der Waals surface area contributed by atoms with E-state index in [2.05, 4.69) is 42.1 Å². The first-order chi connectivity index (χ1) is 16.4. The summed E-state index contributed by atoms with van der Waals surface area (Å²) in [6.45, 7) is 8.30. The summed E-state index contributed by atoms with van der Waals surface area (Å²) in [5, 5.41) is 12.7. The van der Waals surface area contributed by atoms with Gasteiger partial charge in [0.05, 0.1) is 12.3 Å². The SMILES string of the molecule is Cc1c(CN2CCN(C)[C@@H](C)C2)ccc(NC(=O)C2CCCCC2)c1Oc1cccc(CO)c1. The van der Waals surface area contributed by atoms with Crippen molar-refractivity contribution in [2.75, 3.05) is 32.0 Å². The van der Waals surface area contributed by atoms with Gasteiger partial charge in [0.25, 0.3) is 0 Å². The number of amides is 1. The molecule has 1 aliphatic carbocycles. The second kappa shape index (κ2) is 11.3. The van der Waals surface area contributed by atoms with Crippen molar-refractivity contribution in [3.8, 4) is 11.5 Å². The van der Waals surface area contributed by atoms with Gasteiger partial charge in [-0.1, -0.05) is 37.5 Å². The Labute approximate surface area is 203 Å². The number of benzene rings is 2. The molecule has 2 aliphatic rings. The van der Waals surface area contributed by atoms with Crippen LogP contribution in [0, 0.1) is 12.8 Å². The Hall–Kier alpha value is -2.41. The smallest absolute Gasteiger partial charge is 0.227 e. The van der Waals surface area contributed by atoms with Gasteiger partial charge in [-0.05, 0) is 68.6 Å². The molecule has 1 saturated carbocycles. The molecule has 2 N–H and O–H groups in total. The van der Waals surface area contributed by atoms with E-state index in [9.17, 15) is 9.90 Å². The highest BCUT2D eigenvalue weighted by Crippen LogP contribution is 2.37. The van der Waals surface area contributed by atoms with Crippen LogP contribution in [0.2, 0.25) is 0 Å². The topological polar surface area (TPSA) is 65.0 Å². The van der Waals surface area contributed by atoms with Gasteiger partial charge in [-0.25, -0.2) is 0 Å². The summed E-state index contributed by atoms with van der Waals surface area (Å²) in [6.07, 6.45) is 5.38. The van der Waals surface area contributed by atoms with Gasteiger partial charge in [0, 0.05) is 38.1 Å². The van der Waals surface area contributed by atoms with Crippen LogP contribution in [0.4, 0.5) is 5.69 Å². The monoisotopic (exact) mass is 465 g/mol. The highest BCUT2D eigenvalue weighted by Gasteiger charge is 2.25. The molecule has 2 fully saturated rings. The van der Waals surface area contributed by atoms with E-state index in [0.717, 1.165) is 68.7 Å². The Morgan fingerprint density at radius 3 is 2.68 bits per heavy atom. The third kappa shape index (κ3) is 5.98. The molecule has 4 rings (SSSR count). The van der Waals surface area contributed by atoms with E-state index >= 15 is 0 Å². The van der Waals surface area contributed by atoms with E-state index in [4.69, 9.17) is 4.74 Å². The number of rotatable bonds is 7. The highest BCUT2D eigenvalue weighted by molar-refractivity contribution is 5.94. The van der Waals surface area contributed by atoms with Crippen LogP contribution >= 0.6 is 0 Å². The fraction of sp³-hybridized carbons (Fsp3) is 0.536. The van der Waals surface area contributed by atoms with Crippen LogP contribution in [0.3, 0.4) is 0 Å². The summed E-state index contributed by atoms with van der Waals surface area (Å²) in [6, 6.07) is 12.1. The number of nitrogens with one attached hydrogen (secondary N) is 1. The number of anilines is 1. The largest absolute Gasteiger partial charge is 0.455 e. The second-order valence-corrected chi connectivity index (χ2v) is 10.0. The molecule has 1 amide bonds. The lowest BCUT2D eigenvalue weighted by molar-refractivity contribution is -0.120. The molecule has 0 unspecified atom stereocenters. The average molecular weight is 466 g/mol. The molecule has 1 atom stereocenters. The molecule has 6 nitrogen and oxygen atoms in total. The van der Waals surface area contributed by atoms with Crippen molar-refractivity contribution in [3.05, 3.63) is 53.1 Å². The Bertz CT molecular complexity index is 987. The zero-order chi connectivity index (χ0) is 24.1. The summed E-state index contributed by atoms with van der Waals surface area (Å²) in [5.74, 6) is 1.52. The lowest BCUT2D eigenvalue weighted by Gasteiger charge is -2.38. The van der Waals surface area contributed by atoms with Gasteiger partial charge in [-0.3, -0.25) is 9.69 Å². The maximum atomic E-state index is 13.0. The van der Waals surface area contributed by atoms with Crippen molar-refractivity contribution >= 4 is 11.6 Å². The van der Waals surface area contributed by atoms with Crippen molar-refractivity contribution < 1.29 is 14.6 Å². The van der Waals surface area contributed by atoms with Gasteiger partial charge in [-0.2, -0.15) is 0 Å². The van der Waals surface area contributed by atoms with E-state index in [0.29, 0.717) is 17.5 Å². The molecule has 184 valence electrons. The standard InChI is InChI=1S/C28H39N3O3/c1-20-17-31(15-14-30(20)3)18-24-12-13-26(29-28(33)23-9-5-4-6-10-23)27(21(24)2)34-25-11-7-8-22(16-25)19-32/h7-8,11-13,16,20,23,32H,4-6,9-10,14-15,17-19H2,1-3H3,(H,29,33)/t20-/m0/s1. The molecular formula is C28H39N3O3. The lowest BCUT2D eigenvalue weighted by Crippen LogP contribution is -2.49. The number of hydrogen-bond acceptors (Lipinski definition) is 5. The maximum absolute atomic E-state index is 13.0. The van der Waals surface area contributed by atoms with E-state index in [-0.39, 0.29) is 18.4 Å². The van der Waals surface area contributed by atoms with Crippen LogP contribution in [0.1, 0.15) is 55.7 Å². The van der Waals surface area contributed by atoms with E-state index in [1.165, 1.54) is 12.0 Å². The first kappa shape index (κ1) is 24.7. The predicted octanol–water partition coefficient (Wildman–Crippen LogP) is 4.93. The summed E-state index contributed by atoms with van der Waals surface area (Å²) >= 11 is 0. The summed E-state index contributed by atoms with van der Waals surface area (Å²) in [4.78, 5) is 17.9. The van der Waals surface area contributed by atoms with Crippen LogP contribution in [0.15, 0.2) is 36.4 Å². The fourth-order valence-corrected chi connectivity index (χ4v) is 5.07. The van der Waals surface area contributed by atoms with E-state index in [1.54, 1.807) is 0 Å². The van der Waals surface area contributed by atoms with Crippen LogP contribution in [-0.4, -0.2) is 53.5 Å². The quantitative estimate of drug-likeness (QED) is 0.607. The molecular weight excluding hydrogens is 426 g/mol. The Morgan fingerprint density at radius 1 is 1.15 bits per heavy atom. The Balaban J connectivity index is 1.60. The van der Waals surface area contributed by atoms with Crippen LogP contribution in [-0.2, 0) is 17.9 Å². The van der Waals surface area contributed by atoms with Crippen molar-refractivity contribution in [3.63, 3.8) is 0 Å². The molecule has 2 aromatic carbocycles. The van der Waals surface area contributed by atoms with E-state index in [1.807, 2.05) is 30.3 Å². The molecule has 1 heterocycles.